The minimum Gasteiger partial charge on any atom is -0.388 e. The Labute approximate surface area is 95.3 Å². The SMILES string of the molecule is CC(C)CCNc1nccnc1C(N)=S. The van der Waals surface area contributed by atoms with Gasteiger partial charge < -0.3 is 11.1 Å². The van der Waals surface area contributed by atoms with Crippen molar-refractivity contribution < 1.29 is 0 Å². The minimum absolute atomic E-state index is 0.273. The molecule has 0 aliphatic carbocycles. The van der Waals surface area contributed by atoms with E-state index in [1.54, 1.807) is 12.4 Å². The highest BCUT2D eigenvalue weighted by atomic mass is 32.1. The molecule has 15 heavy (non-hydrogen) atoms. The topological polar surface area (TPSA) is 63.8 Å². The van der Waals surface area contributed by atoms with Crippen LogP contribution in [0.3, 0.4) is 0 Å². The maximum absolute atomic E-state index is 5.54. The molecule has 3 N–H and O–H groups in total. The molecule has 82 valence electrons. The molecule has 1 aromatic rings. The maximum atomic E-state index is 5.54. The van der Waals surface area contributed by atoms with Crippen LogP contribution in [0.2, 0.25) is 0 Å². The predicted molar refractivity (Wildman–Crippen MR) is 65.9 cm³/mol. The van der Waals surface area contributed by atoms with Crippen molar-refractivity contribution in [3.05, 3.63) is 18.1 Å². The summed E-state index contributed by atoms with van der Waals surface area (Å²) in [6, 6.07) is 0. The number of anilines is 1. The van der Waals surface area contributed by atoms with Crippen molar-refractivity contribution in [1.82, 2.24) is 9.97 Å². The Morgan fingerprint density at radius 1 is 1.47 bits per heavy atom. The van der Waals surface area contributed by atoms with Gasteiger partial charge in [0.2, 0.25) is 0 Å². The third-order valence-electron chi connectivity index (χ3n) is 1.95. The van der Waals surface area contributed by atoms with E-state index in [9.17, 15) is 0 Å². The summed E-state index contributed by atoms with van der Waals surface area (Å²) >= 11 is 4.89. The van der Waals surface area contributed by atoms with E-state index in [0.29, 0.717) is 17.4 Å². The first-order valence-corrected chi connectivity index (χ1v) is 5.36. The van der Waals surface area contributed by atoms with Crippen molar-refractivity contribution in [3.8, 4) is 0 Å². The Kier molecular flexibility index (Phi) is 4.42. The molecule has 5 heteroatoms. The van der Waals surface area contributed by atoms with Crippen molar-refractivity contribution in [2.75, 3.05) is 11.9 Å². The van der Waals surface area contributed by atoms with E-state index in [1.807, 2.05) is 0 Å². The molecular weight excluding hydrogens is 208 g/mol. The largest absolute Gasteiger partial charge is 0.388 e. The van der Waals surface area contributed by atoms with Gasteiger partial charge in [-0.05, 0) is 12.3 Å². The van der Waals surface area contributed by atoms with Crippen LogP contribution in [0.15, 0.2) is 12.4 Å². The van der Waals surface area contributed by atoms with Crippen molar-refractivity contribution in [2.45, 2.75) is 20.3 Å². The number of rotatable bonds is 5. The Hall–Kier alpha value is -1.23. The van der Waals surface area contributed by atoms with Gasteiger partial charge in [-0.1, -0.05) is 26.1 Å². The van der Waals surface area contributed by atoms with Crippen LogP contribution >= 0.6 is 12.2 Å². The molecule has 0 fully saturated rings. The molecule has 1 aromatic heterocycles. The van der Waals surface area contributed by atoms with E-state index >= 15 is 0 Å². The summed E-state index contributed by atoms with van der Waals surface area (Å²) < 4.78 is 0. The first-order valence-electron chi connectivity index (χ1n) is 4.96. The Morgan fingerprint density at radius 2 is 2.13 bits per heavy atom. The summed E-state index contributed by atoms with van der Waals surface area (Å²) in [4.78, 5) is 8.51. The monoisotopic (exact) mass is 224 g/mol. The smallest absolute Gasteiger partial charge is 0.155 e. The van der Waals surface area contributed by atoms with Crippen LogP contribution in [0.25, 0.3) is 0 Å². The zero-order valence-corrected chi connectivity index (χ0v) is 9.84. The lowest BCUT2D eigenvalue weighted by molar-refractivity contribution is 0.606. The van der Waals surface area contributed by atoms with Crippen LogP contribution in [0, 0.1) is 5.92 Å². The van der Waals surface area contributed by atoms with E-state index in [0.717, 1.165) is 13.0 Å². The molecule has 0 spiro atoms. The molecule has 0 aromatic carbocycles. The zero-order valence-electron chi connectivity index (χ0n) is 9.03. The first-order chi connectivity index (χ1) is 7.11. The summed E-state index contributed by atoms with van der Waals surface area (Å²) in [5.74, 6) is 1.33. The summed E-state index contributed by atoms with van der Waals surface area (Å²) in [7, 11) is 0. The van der Waals surface area contributed by atoms with Crippen molar-refractivity contribution in [3.63, 3.8) is 0 Å². The van der Waals surface area contributed by atoms with Gasteiger partial charge >= 0.3 is 0 Å². The second-order valence-electron chi connectivity index (χ2n) is 3.73. The molecule has 0 bridgehead atoms. The fraction of sp³-hybridized carbons (Fsp3) is 0.500. The summed E-state index contributed by atoms with van der Waals surface area (Å²) in [6.45, 7) is 5.20. The highest BCUT2D eigenvalue weighted by molar-refractivity contribution is 7.80. The number of nitrogens with zero attached hydrogens (tertiary/aromatic N) is 2. The lowest BCUT2D eigenvalue weighted by Crippen LogP contribution is -2.17. The van der Waals surface area contributed by atoms with Crippen molar-refractivity contribution in [1.29, 1.82) is 0 Å². The summed E-state index contributed by atoms with van der Waals surface area (Å²) in [5.41, 5.74) is 6.10. The molecule has 0 amide bonds. The molecule has 0 unspecified atom stereocenters. The van der Waals surface area contributed by atoms with Gasteiger partial charge in [-0.3, -0.25) is 0 Å². The highest BCUT2D eigenvalue weighted by Gasteiger charge is 2.06. The molecule has 0 radical (unpaired) electrons. The second-order valence-corrected chi connectivity index (χ2v) is 4.17. The highest BCUT2D eigenvalue weighted by Crippen LogP contribution is 2.08. The summed E-state index contributed by atoms with van der Waals surface area (Å²) in [5, 5.41) is 3.18. The molecule has 4 nitrogen and oxygen atoms in total. The predicted octanol–water partition coefficient (Wildman–Crippen LogP) is 1.57. The fourth-order valence-corrected chi connectivity index (χ4v) is 1.28. The van der Waals surface area contributed by atoms with Crippen molar-refractivity contribution in [2.24, 2.45) is 11.7 Å². The van der Waals surface area contributed by atoms with Crippen molar-refractivity contribution >= 4 is 23.0 Å². The number of aromatic nitrogens is 2. The van der Waals surface area contributed by atoms with E-state index in [2.05, 4.69) is 29.1 Å². The lowest BCUT2D eigenvalue weighted by Gasteiger charge is -2.09. The second kappa shape index (κ2) is 5.60. The van der Waals surface area contributed by atoms with Crippen LogP contribution in [0.1, 0.15) is 26.0 Å². The zero-order chi connectivity index (χ0) is 11.3. The third kappa shape index (κ3) is 3.79. The number of nitrogens with two attached hydrogens (primary N) is 1. The van der Waals surface area contributed by atoms with Gasteiger partial charge in [-0.2, -0.15) is 0 Å². The Balaban J connectivity index is 2.63. The fourth-order valence-electron chi connectivity index (χ4n) is 1.13. The van der Waals surface area contributed by atoms with Crippen LogP contribution in [-0.4, -0.2) is 21.5 Å². The minimum atomic E-state index is 0.273. The van der Waals surface area contributed by atoms with Crippen LogP contribution < -0.4 is 11.1 Å². The van der Waals surface area contributed by atoms with Crippen LogP contribution in [-0.2, 0) is 0 Å². The maximum Gasteiger partial charge on any atom is 0.155 e. The quantitative estimate of drug-likeness (QED) is 0.743. The number of hydrogen-bond acceptors (Lipinski definition) is 4. The van der Waals surface area contributed by atoms with E-state index in [1.165, 1.54) is 0 Å². The molecular formula is C10H16N4S. The van der Waals surface area contributed by atoms with Crippen LogP contribution in [0.4, 0.5) is 5.82 Å². The van der Waals surface area contributed by atoms with Gasteiger partial charge in [0.25, 0.3) is 0 Å². The molecule has 0 atom stereocenters. The Morgan fingerprint density at radius 3 is 2.73 bits per heavy atom. The molecule has 0 saturated heterocycles. The van der Waals surface area contributed by atoms with Gasteiger partial charge in [0.15, 0.2) is 5.82 Å². The molecule has 0 saturated carbocycles. The number of hydrogen-bond donors (Lipinski definition) is 2. The number of thiocarbonyl (C=S) groups is 1. The normalized spacial score (nSPS) is 10.3. The van der Waals surface area contributed by atoms with Gasteiger partial charge in [0.1, 0.15) is 10.7 Å². The molecule has 1 heterocycles. The van der Waals surface area contributed by atoms with Gasteiger partial charge in [0, 0.05) is 18.9 Å². The number of nitrogens with one attached hydrogen (secondary N) is 1. The van der Waals surface area contributed by atoms with E-state index in [4.69, 9.17) is 18.0 Å². The first kappa shape index (κ1) is 11.8. The average Bonchev–Trinajstić information content (AvgIpc) is 2.17. The average molecular weight is 224 g/mol. The summed E-state index contributed by atoms with van der Waals surface area (Å²) in [6.07, 6.45) is 4.29. The van der Waals surface area contributed by atoms with Gasteiger partial charge in [0.05, 0.1) is 0 Å². The standard InChI is InChI=1S/C10H16N4S/c1-7(2)3-4-13-10-8(9(11)15)12-5-6-14-10/h5-7H,3-4H2,1-2H3,(H2,11,15)(H,13,14). The molecule has 0 aliphatic heterocycles. The van der Waals surface area contributed by atoms with Gasteiger partial charge in [-0.25, -0.2) is 9.97 Å². The Bertz CT molecular complexity index is 338. The van der Waals surface area contributed by atoms with Gasteiger partial charge in [-0.15, -0.1) is 0 Å². The molecule has 0 aliphatic rings. The van der Waals surface area contributed by atoms with Crippen LogP contribution in [0.5, 0.6) is 0 Å². The van der Waals surface area contributed by atoms with E-state index < -0.39 is 0 Å². The molecule has 1 rings (SSSR count). The lowest BCUT2D eigenvalue weighted by atomic mass is 10.1. The van der Waals surface area contributed by atoms with E-state index in [-0.39, 0.29) is 4.99 Å². The third-order valence-corrected chi connectivity index (χ3v) is 2.14.